The van der Waals surface area contributed by atoms with Crippen molar-refractivity contribution >= 4 is 17.2 Å². The lowest BCUT2D eigenvalue weighted by Gasteiger charge is -2.07. The summed E-state index contributed by atoms with van der Waals surface area (Å²) in [4.78, 5) is 15.7. The Kier molecular flexibility index (Phi) is 3.70. The number of amides is 1. The number of benzene rings is 1. The van der Waals surface area contributed by atoms with Crippen LogP contribution in [0.2, 0.25) is 0 Å². The minimum Gasteiger partial charge on any atom is -0.486 e. The van der Waals surface area contributed by atoms with Crippen LogP contribution in [0.15, 0.2) is 52.5 Å². The fourth-order valence-electron chi connectivity index (χ4n) is 1.83. The van der Waals surface area contributed by atoms with E-state index in [2.05, 4.69) is 4.98 Å². The molecule has 5 nitrogen and oxygen atoms in total. The summed E-state index contributed by atoms with van der Waals surface area (Å²) in [5.41, 5.74) is 6.44. The molecule has 0 fully saturated rings. The first-order valence-electron chi connectivity index (χ1n) is 6.24. The predicted molar refractivity (Wildman–Crippen MR) is 79.1 cm³/mol. The van der Waals surface area contributed by atoms with Gasteiger partial charge in [0.1, 0.15) is 12.4 Å². The van der Waals surface area contributed by atoms with Gasteiger partial charge in [0.05, 0.1) is 17.5 Å². The molecular formula is C15H12N2O3S. The Bertz CT molecular complexity index is 750. The maximum absolute atomic E-state index is 11.3. The van der Waals surface area contributed by atoms with Gasteiger partial charge in [-0.3, -0.25) is 4.79 Å². The van der Waals surface area contributed by atoms with Crippen molar-refractivity contribution < 1.29 is 13.9 Å². The van der Waals surface area contributed by atoms with E-state index < -0.39 is 5.91 Å². The molecule has 0 radical (unpaired) electrons. The molecule has 6 heteroatoms. The smallest absolute Gasteiger partial charge is 0.252 e. The third-order valence-corrected chi connectivity index (χ3v) is 3.72. The van der Waals surface area contributed by atoms with Crippen LogP contribution in [0.4, 0.5) is 0 Å². The molecule has 0 bridgehead atoms. The average Bonchev–Trinajstić information content (AvgIpc) is 3.16. The number of furan rings is 1. The highest BCUT2D eigenvalue weighted by Gasteiger charge is 2.10. The Hall–Kier alpha value is -2.60. The van der Waals surface area contributed by atoms with Gasteiger partial charge < -0.3 is 14.9 Å². The minimum absolute atomic E-state index is 0.265. The number of hydrogen-bond acceptors (Lipinski definition) is 5. The van der Waals surface area contributed by atoms with E-state index in [1.807, 2.05) is 17.5 Å². The van der Waals surface area contributed by atoms with Gasteiger partial charge in [-0.15, -0.1) is 11.3 Å². The van der Waals surface area contributed by atoms with Crippen LogP contribution in [0.1, 0.15) is 16.1 Å². The molecular weight excluding hydrogens is 288 g/mol. The lowest BCUT2D eigenvalue weighted by atomic mass is 10.2. The summed E-state index contributed by atoms with van der Waals surface area (Å²) in [6.07, 6.45) is 1.61. The zero-order valence-corrected chi connectivity index (χ0v) is 11.8. The van der Waals surface area contributed by atoms with Crippen molar-refractivity contribution in [2.24, 2.45) is 5.73 Å². The molecule has 0 saturated heterocycles. The van der Waals surface area contributed by atoms with E-state index in [1.54, 1.807) is 30.5 Å². The largest absolute Gasteiger partial charge is 0.486 e. The van der Waals surface area contributed by atoms with Crippen LogP contribution in [-0.2, 0) is 6.61 Å². The Morgan fingerprint density at radius 2 is 2.14 bits per heavy atom. The molecule has 0 unspecified atom stereocenters. The van der Waals surface area contributed by atoms with Gasteiger partial charge in [0.2, 0.25) is 0 Å². The molecule has 3 rings (SSSR count). The van der Waals surface area contributed by atoms with Crippen LogP contribution in [0.25, 0.3) is 10.8 Å². The van der Waals surface area contributed by atoms with Crippen LogP contribution in [0.5, 0.6) is 5.75 Å². The van der Waals surface area contributed by atoms with Gasteiger partial charge in [0, 0.05) is 5.38 Å². The maximum atomic E-state index is 11.3. The van der Waals surface area contributed by atoms with Gasteiger partial charge in [0.25, 0.3) is 5.91 Å². The molecule has 0 atom stereocenters. The van der Waals surface area contributed by atoms with Crippen molar-refractivity contribution in [3.63, 3.8) is 0 Å². The Labute approximate surface area is 125 Å². The molecule has 0 aliphatic carbocycles. The average molecular weight is 300 g/mol. The summed E-state index contributed by atoms with van der Waals surface area (Å²) in [6.45, 7) is 0.265. The topological polar surface area (TPSA) is 78.4 Å². The SMILES string of the molecule is NC(=O)c1ccccc1OCc1csc(-c2ccco2)n1. The monoisotopic (exact) mass is 300 g/mol. The van der Waals surface area contributed by atoms with Crippen LogP contribution in [0.3, 0.4) is 0 Å². The summed E-state index contributed by atoms with van der Waals surface area (Å²) in [5, 5.41) is 2.69. The predicted octanol–water partition coefficient (Wildman–Crippen LogP) is 3.08. The van der Waals surface area contributed by atoms with E-state index in [0.717, 1.165) is 16.5 Å². The molecule has 2 aromatic heterocycles. The number of carbonyl (C=O) groups excluding carboxylic acids is 1. The zero-order valence-electron chi connectivity index (χ0n) is 11.0. The molecule has 0 aliphatic heterocycles. The number of carbonyl (C=O) groups is 1. The summed E-state index contributed by atoms with van der Waals surface area (Å²) in [7, 11) is 0. The van der Waals surface area contributed by atoms with Crippen molar-refractivity contribution in [1.29, 1.82) is 0 Å². The van der Waals surface area contributed by atoms with Gasteiger partial charge in [-0.25, -0.2) is 4.98 Å². The molecule has 2 N–H and O–H groups in total. The molecule has 21 heavy (non-hydrogen) atoms. The van der Waals surface area contributed by atoms with E-state index in [9.17, 15) is 4.79 Å². The first-order valence-corrected chi connectivity index (χ1v) is 7.12. The number of para-hydroxylation sites is 1. The highest BCUT2D eigenvalue weighted by atomic mass is 32.1. The van der Waals surface area contributed by atoms with E-state index in [4.69, 9.17) is 14.9 Å². The molecule has 3 aromatic rings. The third kappa shape index (κ3) is 2.95. The van der Waals surface area contributed by atoms with Crippen molar-refractivity contribution in [3.05, 3.63) is 59.3 Å². The van der Waals surface area contributed by atoms with Crippen molar-refractivity contribution in [2.45, 2.75) is 6.61 Å². The van der Waals surface area contributed by atoms with Gasteiger partial charge >= 0.3 is 0 Å². The van der Waals surface area contributed by atoms with Crippen LogP contribution >= 0.6 is 11.3 Å². The van der Waals surface area contributed by atoms with Crippen molar-refractivity contribution in [3.8, 4) is 16.5 Å². The molecule has 106 valence electrons. The van der Waals surface area contributed by atoms with E-state index in [0.29, 0.717) is 11.3 Å². The molecule has 1 aromatic carbocycles. The summed E-state index contributed by atoms with van der Waals surface area (Å²) in [6, 6.07) is 10.5. The Morgan fingerprint density at radius 1 is 1.29 bits per heavy atom. The molecule has 2 heterocycles. The summed E-state index contributed by atoms with van der Waals surface area (Å²) in [5.74, 6) is 0.668. The summed E-state index contributed by atoms with van der Waals surface area (Å²) < 4.78 is 10.9. The lowest BCUT2D eigenvalue weighted by molar-refractivity contribution is 0.0996. The number of ether oxygens (including phenoxy) is 1. The van der Waals surface area contributed by atoms with Crippen molar-refractivity contribution in [1.82, 2.24) is 4.98 Å². The molecule has 0 aliphatic rings. The number of primary amides is 1. The van der Waals surface area contributed by atoms with Gasteiger partial charge in [-0.05, 0) is 24.3 Å². The second kappa shape index (κ2) is 5.80. The number of rotatable bonds is 5. The second-order valence-corrected chi connectivity index (χ2v) is 5.13. The Morgan fingerprint density at radius 3 is 2.90 bits per heavy atom. The molecule has 1 amide bonds. The quantitative estimate of drug-likeness (QED) is 0.785. The Balaban J connectivity index is 1.73. The number of thiazole rings is 1. The third-order valence-electron chi connectivity index (χ3n) is 2.81. The first-order chi connectivity index (χ1) is 10.2. The van der Waals surface area contributed by atoms with Crippen molar-refractivity contribution in [2.75, 3.05) is 0 Å². The van der Waals surface area contributed by atoms with E-state index >= 15 is 0 Å². The van der Waals surface area contributed by atoms with Crippen LogP contribution in [0, 0.1) is 0 Å². The standard InChI is InChI=1S/C15H12N2O3S/c16-14(18)11-4-1-2-5-12(11)20-8-10-9-21-15(17-10)13-6-3-7-19-13/h1-7,9H,8H2,(H2,16,18). The number of nitrogens with zero attached hydrogens (tertiary/aromatic N) is 1. The first kappa shape index (κ1) is 13.4. The normalized spacial score (nSPS) is 10.5. The van der Waals surface area contributed by atoms with Gasteiger partial charge in [0.15, 0.2) is 10.8 Å². The molecule has 0 saturated carbocycles. The van der Waals surface area contributed by atoms with E-state index in [1.165, 1.54) is 11.3 Å². The highest BCUT2D eigenvalue weighted by Crippen LogP contribution is 2.25. The van der Waals surface area contributed by atoms with Crippen LogP contribution < -0.4 is 10.5 Å². The highest BCUT2D eigenvalue weighted by molar-refractivity contribution is 7.13. The van der Waals surface area contributed by atoms with Gasteiger partial charge in [-0.1, -0.05) is 12.1 Å². The zero-order chi connectivity index (χ0) is 14.7. The number of hydrogen-bond donors (Lipinski definition) is 1. The summed E-state index contributed by atoms with van der Waals surface area (Å²) >= 11 is 1.48. The lowest BCUT2D eigenvalue weighted by Crippen LogP contribution is -2.12. The van der Waals surface area contributed by atoms with E-state index in [-0.39, 0.29) is 6.61 Å². The minimum atomic E-state index is -0.514. The fourth-order valence-corrected chi connectivity index (χ4v) is 2.61. The van der Waals surface area contributed by atoms with Crippen LogP contribution in [-0.4, -0.2) is 10.9 Å². The maximum Gasteiger partial charge on any atom is 0.252 e. The number of aromatic nitrogens is 1. The number of nitrogens with two attached hydrogens (primary N) is 1. The van der Waals surface area contributed by atoms with Gasteiger partial charge in [-0.2, -0.15) is 0 Å². The molecule has 0 spiro atoms. The second-order valence-electron chi connectivity index (χ2n) is 4.27. The fraction of sp³-hybridized carbons (Fsp3) is 0.0667.